The summed E-state index contributed by atoms with van der Waals surface area (Å²) in [5.74, 6) is 0. The number of hydrogen-bond donors (Lipinski definition) is 1. The molecule has 0 spiro atoms. The molecule has 5 nitrogen and oxygen atoms in total. The average Bonchev–Trinajstić information content (AvgIpc) is 2.40. The molecule has 19 heavy (non-hydrogen) atoms. The van der Waals surface area contributed by atoms with Crippen LogP contribution in [0.4, 0.5) is 5.69 Å². The third-order valence-corrected chi connectivity index (χ3v) is 3.15. The Labute approximate surface area is 114 Å². The molecule has 1 aromatic rings. The number of nitro benzene ring substituents is 1. The molecule has 0 heterocycles. The van der Waals surface area contributed by atoms with Gasteiger partial charge in [-0.15, -0.1) is 0 Å². The standard InChI is InChI=1S/C14H23N3O2/c1-3-8-16(9-4-2)14(11-15)12-6-5-7-13(10-12)17(18)19/h5-7,10,14H,3-4,8-9,11,15H2,1-2H3. The van der Waals surface area contributed by atoms with E-state index in [4.69, 9.17) is 5.73 Å². The maximum Gasteiger partial charge on any atom is 0.269 e. The van der Waals surface area contributed by atoms with Crippen LogP contribution in [0.1, 0.15) is 38.3 Å². The van der Waals surface area contributed by atoms with Gasteiger partial charge in [0.05, 0.1) is 4.92 Å². The lowest BCUT2D eigenvalue weighted by atomic mass is 10.0. The predicted octanol–water partition coefficient (Wildman–Crippen LogP) is 2.72. The van der Waals surface area contributed by atoms with Crippen molar-refractivity contribution in [2.45, 2.75) is 32.7 Å². The van der Waals surface area contributed by atoms with Crippen molar-refractivity contribution in [2.75, 3.05) is 19.6 Å². The topological polar surface area (TPSA) is 72.4 Å². The molecule has 0 aliphatic carbocycles. The first kappa shape index (κ1) is 15.6. The second-order valence-corrected chi connectivity index (χ2v) is 4.64. The third kappa shape index (κ3) is 4.29. The molecule has 0 aromatic heterocycles. The molecule has 0 fully saturated rings. The van der Waals surface area contributed by atoms with E-state index in [1.165, 1.54) is 6.07 Å². The highest BCUT2D eigenvalue weighted by atomic mass is 16.6. The van der Waals surface area contributed by atoms with Crippen molar-refractivity contribution in [3.05, 3.63) is 39.9 Å². The molecule has 0 saturated carbocycles. The summed E-state index contributed by atoms with van der Waals surface area (Å²) in [6.45, 7) is 6.64. The molecule has 1 atom stereocenters. The Morgan fingerprint density at radius 3 is 2.42 bits per heavy atom. The van der Waals surface area contributed by atoms with E-state index in [1.54, 1.807) is 12.1 Å². The van der Waals surface area contributed by atoms with Crippen LogP contribution in [0, 0.1) is 10.1 Å². The van der Waals surface area contributed by atoms with E-state index >= 15 is 0 Å². The fourth-order valence-electron chi connectivity index (χ4n) is 2.34. The number of benzene rings is 1. The van der Waals surface area contributed by atoms with Crippen LogP contribution in [-0.2, 0) is 0 Å². The largest absolute Gasteiger partial charge is 0.329 e. The fourth-order valence-corrected chi connectivity index (χ4v) is 2.34. The summed E-state index contributed by atoms with van der Waals surface area (Å²) in [6.07, 6.45) is 2.09. The van der Waals surface area contributed by atoms with Gasteiger partial charge in [-0.2, -0.15) is 0 Å². The summed E-state index contributed by atoms with van der Waals surface area (Å²) in [6, 6.07) is 6.85. The minimum absolute atomic E-state index is 0.0554. The van der Waals surface area contributed by atoms with Gasteiger partial charge in [-0.1, -0.05) is 26.0 Å². The molecule has 0 bridgehead atoms. The number of non-ortho nitro benzene ring substituents is 1. The van der Waals surface area contributed by atoms with Crippen LogP contribution in [0.3, 0.4) is 0 Å². The lowest BCUT2D eigenvalue weighted by Gasteiger charge is -2.30. The molecule has 2 N–H and O–H groups in total. The highest BCUT2D eigenvalue weighted by Gasteiger charge is 2.19. The summed E-state index contributed by atoms with van der Waals surface area (Å²) in [7, 11) is 0. The summed E-state index contributed by atoms with van der Waals surface area (Å²) in [5, 5.41) is 10.8. The highest BCUT2D eigenvalue weighted by molar-refractivity contribution is 5.36. The molecular formula is C14H23N3O2. The van der Waals surface area contributed by atoms with Crippen molar-refractivity contribution >= 4 is 5.69 Å². The van der Waals surface area contributed by atoms with Crippen LogP contribution in [0.15, 0.2) is 24.3 Å². The van der Waals surface area contributed by atoms with Gasteiger partial charge in [0.1, 0.15) is 0 Å². The van der Waals surface area contributed by atoms with Crippen LogP contribution in [0.25, 0.3) is 0 Å². The molecule has 0 radical (unpaired) electrons. The van der Waals surface area contributed by atoms with E-state index in [0.29, 0.717) is 6.54 Å². The Morgan fingerprint density at radius 2 is 1.95 bits per heavy atom. The first-order valence-electron chi connectivity index (χ1n) is 6.82. The van der Waals surface area contributed by atoms with Crippen molar-refractivity contribution in [1.82, 2.24) is 4.90 Å². The number of nitro groups is 1. The molecule has 0 aliphatic rings. The van der Waals surface area contributed by atoms with Gasteiger partial charge < -0.3 is 5.73 Å². The molecule has 5 heteroatoms. The molecule has 0 saturated heterocycles. The molecule has 1 unspecified atom stereocenters. The summed E-state index contributed by atoms with van der Waals surface area (Å²) >= 11 is 0. The molecule has 0 aliphatic heterocycles. The monoisotopic (exact) mass is 265 g/mol. The summed E-state index contributed by atoms with van der Waals surface area (Å²) in [4.78, 5) is 12.8. The van der Waals surface area contributed by atoms with E-state index in [0.717, 1.165) is 31.5 Å². The molecule has 1 aromatic carbocycles. The van der Waals surface area contributed by atoms with Gasteiger partial charge in [-0.3, -0.25) is 15.0 Å². The predicted molar refractivity (Wildman–Crippen MR) is 77.0 cm³/mol. The highest BCUT2D eigenvalue weighted by Crippen LogP contribution is 2.24. The zero-order valence-electron chi connectivity index (χ0n) is 11.7. The normalized spacial score (nSPS) is 12.6. The van der Waals surface area contributed by atoms with Gasteiger partial charge in [0.2, 0.25) is 0 Å². The Kier molecular flexibility index (Phi) is 6.45. The van der Waals surface area contributed by atoms with E-state index in [9.17, 15) is 10.1 Å². The van der Waals surface area contributed by atoms with Gasteiger partial charge >= 0.3 is 0 Å². The van der Waals surface area contributed by atoms with Gasteiger partial charge in [-0.25, -0.2) is 0 Å². The SMILES string of the molecule is CCCN(CCC)C(CN)c1cccc([N+](=O)[O-])c1. The van der Waals surface area contributed by atoms with Crippen LogP contribution in [-0.4, -0.2) is 29.5 Å². The van der Waals surface area contributed by atoms with Gasteiger partial charge in [-0.05, 0) is 31.5 Å². The van der Waals surface area contributed by atoms with Crippen LogP contribution >= 0.6 is 0 Å². The maximum absolute atomic E-state index is 10.8. The molecule has 0 amide bonds. The van der Waals surface area contributed by atoms with Crippen LogP contribution in [0.5, 0.6) is 0 Å². The Morgan fingerprint density at radius 1 is 1.32 bits per heavy atom. The lowest BCUT2D eigenvalue weighted by molar-refractivity contribution is -0.384. The minimum Gasteiger partial charge on any atom is -0.329 e. The first-order valence-corrected chi connectivity index (χ1v) is 6.82. The van der Waals surface area contributed by atoms with E-state index in [-0.39, 0.29) is 16.7 Å². The second-order valence-electron chi connectivity index (χ2n) is 4.64. The van der Waals surface area contributed by atoms with Crippen molar-refractivity contribution in [1.29, 1.82) is 0 Å². The first-order chi connectivity index (χ1) is 9.13. The average molecular weight is 265 g/mol. The lowest BCUT2D eigenvalue weighted by Crippen LogP contribution is -2.35. The van der Waals surface area contributed by atoms with Crippen molar-refractivity contribution in [3.8, 4) is 0 Å². The zero-order valence-corrected chi connectivity index (χ0v) is 11.7. The van der Waals surface area contributed by atoms with Gasteiger partial charge in [0, 0.05) is 24.7 Å². The van der Waals surface area contributed by atoms with Crippen molar-refractivity contribution in [3.63, 3.8) is 0 Å². The smallest absolute Gasteiger partial charge is 0.269 e. The van der Waals surface area contributed by atoms with Gasteiger partial charge in [0.25, 0.3) is 5.69 Å². The van der Waals surface area contributed by atoms with E-state index in [1.807, 2.05) is 6.07 Å². The second kappa shape index (κ2) is 7.86. The Bertz CT molecular complexity index is 403. The molecule has 106 valence electrons. The van der Waals surface area contributed by atoms with Crippen molar-refractivity contribution < 1.29 is 4.92 Å². The van der Waals surface area contributed by atoms with Gasteiger partial charge in [0.15, 0.2) is 0 Å². The van der Waals surface area contributed by atoms with E-state index < -0.39 is 0 Å². The summed E-state index contributed by atoms with van der Waals surface area (Å²) in [5.41, 5.74) is 6.94. The zero-order chi connectivity index (χ0) is 14.3. The maximum atomic E-state index is 10.8. The number of rotatable bonds is 8. The number of nitrogens with two attached hydrogens (primary N) is 1. The van der Waals surface area contributed by atoms with Crippen molar-refractivity contribution in [2.24, 2.45) is 5.73 Å². The van der Waals surface area contributed by atoms with E-state index in [2.05, 4.69) is 18.7 Å². The summed E-state index contributed by atoms with van der Waals surface area (Å²) < 4.78 is 0. The third-order valence-electron chi connectivity index (χ3n) is 3.15. The molecular weight excluding hydrogens is 242 g/mol. The van der Waals surface area contributed by atoms with Crippen LogP contribution < -0.4 is 5.73 Å². The molecule has 1 rings (SSSR count). The quantitative estimate of drug-likeness (QED) is 0.579. The minimum atomic E-state index is -0.360. The number of nitrogens with zero attached hydrogens (tertiary/aromatic N) is 2. The van der Waals surface area contributed by atoms with Crippen LogP contribution in [0.2, 0.25) is 0 Å². The number of hydrogen-bond acceptors (Lipinski definition) is 4. The Hall–Kier alpha value is -1.46. The Balaban J connectivity index is 2.99. The fraction of sp³-hybridized carbons (Fsp3) is 0.571.